The second kappa shape index (κ2) is 5.28. The van der Waals surface area contributed by atoms with Gasteiger partial charge in [0.2, 0.25) is 0 Å². The van der Waals surface area contributed by atoms with Crippen LogP contribution in [0.25, 0.3) is 0 Å². The normalized spacial score (nSPS) is 24.6. The van der Waals surface area contributed by atoms with Crippen LogP contribution in [0.3, 0.4) is 0 Å². The minimum absolute atomic E-state index is 0.0330. The van der Waals surface area contributed by atoms with Crippen molar-refractivity contribution in [2.75, 3.05) is 13.2 Å². The van der Waals surface area contributed by atoms with Gasteiger partial charge in [-0.15, -0.1) is 0 Å². The Bertz CT molecular complexity index is 245. The molecule has 0 spiro atoms. The van der Waals surface area contributed by atoms with E-state index in [-0.39, 0.29) is 12.1 Å². The monoisotopic (exact) mass is 214 g/mol. The Morgan fingerprint density at radius 1 is 1.60 bits per heavy atom. The molecular formula is C11H18O4. The van der Waals surface area contributed by atoms with E-state index in [1.165, 1.54) is 6.08 Å². The quantitative estimate of drug-likeness (QED) is 0.527. The van der Waals surface area contributed by atoms with E-state index in [1.807, 2.05) is 13.8 Å². The van der Waals surface area contributed by atoms with Crippen LogP contribution in [0.15, 0.2) is 12.2 Å². The Kier molecular flexibility index (Phi) is 4.29. The Balaban J connectivity index is 2.24. The van der Waals surface area contributed by atoms with Crippen LogP contribution in [-0.4, -0.2) is 31.1 Å². The number of hydrogen-bond donors (Lipinski definition) is 0. The van der Waals surface area contributed by atoms with Crippen molar-refractivity contribution in [2.24, 2.45) is 0 Å². The lowest BCUT2D eigenvalue weighted by Gasteiger charge is -2.16. The van der Waals surface area contributed by atoms with Gasteiger partial charge in [0.25, 0.3) is 0 Å². The summed E-state index contributed by atoms with van der Waals surface area (Å²) in [6.45, 7) is 6.51. The van der Waals surface area contributed by atoms with E-state index in [1.54, 1.807) is 13.0 Å². The molecule has 0 N–H and O–H groups in total. The zero-order valence-corrected chi connectivity index (χ0v) is 9.49. The van der Waals surface area contributed by atoms with Gasteiger partial charge >= 0.3 is 5.97 Å². The largest absolute Gasteiger partial charge is 0.463 e. The van der Waals surface area contributed by atoms with Crippen LogP contribution in [0.5, 0.6) is 0 Å². The molecule has 0 aromatic rings. The predicted octanol–water partition coefficient (Wildman–Crippen LogP) is 1.65. The van der Waals surface area contributed by atoms with Crippen molar-refractivity contribution in [3.05, 3.63) is 12.2 Å². The first kappa shape index (κ1) is 12.2. The van der Waals surface area contributed by atoms with Gasteiger partial charge in [-0.2, -0.15) is 0 Å². The Morgan fingerprint density at radius 2 is 2.33 bits per heavy atom. The third kappa shape index (κ3) is 4.44. The van der Waals surface area contributed by atoms with E-state index >= 15 is 0 Å². The fourth-order valence-electron chi connectivity index (χ4n) is 1.39. The molecule has 0 bridgehead atoms. The van der Waals surface area contributed by atoms with E-state index in [2.05, 4.69) is 0 Å². The first-order valence-electron chi connectivity index (χ1n) is 5.18. The molecule has 0 radical (unpaired) electrons. The van der Waals surface area contributed by atoms with E-state index < -0.39 is 5.79 Å². The molecule has 0 saturated carbocycles. The molecule has 0 aromatic heterocycles. The van der Waals surface area contributed by atoms with E-state index in [0.717, 1.165) is 0 Å². The highest BCUT2D eigenvalue weighted by molar-refractivity contribution is 5.81. The summed E-state index contributed by atoms with van der Waals surface area (Å²) in [5.41, 5.74) is 0. The molecule has 1 aliphatic heterocycles. The number of rotatable bonds is 4. The molecule has 86 valence electrons. The maximum atomic E-state index is 11.0. The summed E-state index contributed by atoms with van der Waals surface area (Å²) >= 11 is 0. The second-order valence-electron chi connectivity index (χ2n) is 3.84. The number of carbonyl (C=O) groups excluding carboxylic acids is 1. The van der Waals surface area contributed by atoms with Crippen LogP contribution in [0.1, 0.15) is 27.2 Å². The van der Waals surface area contributed by atoms with Gasteiger partial charge in [0.05, 0.1) is 19.3 Å². The van der Waals surface area contributed by atoms with Gasteiger partial charge in [0.1, 0.15) is 0 Å². The minimum Gasteiger partial charge on any atom is -0.463 e. The van der Waals surface area contributed by atoms with Crippen molar-refractivity contribution >= 4 is 5.97 Å². The standard InChI is InChI=1S/C11H18O4/c1-4-13-10(12)7-5-6-9-8-14-11(2,3)15-9/h5,7,9H,4,6,8H2,1-3H3/b7-5+. The fourth-order valence-corrected chi connectivity index (χ4v) is 1.39. The van der Waals surface area contributed by atoms with Crippen molar-refractivity contribution in [2.45, 2.75) is 39.1 Å². The first-order chi connectivity index (χ1) is 7.03. The maximum Gasteiger partial charge on any atom is 0.330 e. The number of esters is 1. The summed E-state index contributed by atoms with van der Waals surface area (Å²) < 4.78 is 15.7. The minimum atomic E-state index is -0.498. The summed E-state index contributed by atoms with van der Waals surface area (Å²) in [5, 5.41) is 0. The lowest BCUT2D eigenvalue weighted by atomic mass is 10.2. The molecule has 1 rings (SSSR count). The van der Waals surface area contributed by atoms with Gasteiger partial charge in [-0.05, 0) is 27.2 Å². The summed E-state index contributed by atoms with van der Waals surface area (Å²) in [7, 11) is 0. The molecule has 4 nitrogen and oxygen atoms in total. The summed E-state index contributed by atoms with van der Waals surface area (Å²) in [4.78, 5) is 11.0. The van der Waals surface area contributed by atoms with Gasteiger partial charge in [-0.25, -0.2) is 4.79 Å². The Morgan fingerprint density at radius 3 is 2.87 bits per heavy atom. The zero-order valence-electron chi connectivity index (χ0n) is 9.49. The SMILES string of the molecule is CCOC(=O)/C=C/CC1COC(C)(C)O1. The predicted molar refractivity (Wildman–Crippen MR) is 55.3 cm³/mol. The van der Waals surface area contributed by atoms with Crippen molar-refractivity contribution in [3.63, 3.8) is 0 Å². The topological polar surface area (TPSA) is 44.8 Å². The van der Waals surface area contributed by atoms with Crippen molar-refractivity contribution < 1.29 is 19.0 Å². The molecule has 1 atom stereocenters. The number of hydrogen-bond acceptors (Lipinski definition) is 4. The molecule has 0 amide bonds. The highest BCUT2D eigenvalue weighted by Gasteiger charge is 2.31. The average molecular weight is 214 g/mol. The lowest BCUT2D eigenvalue weighted by molar-refractivity contribution is -0.137. The molecule has 1 saturated heterocycles. The van der Waals surface area contributed by atoms with Crippen molar-refractivity contribution in [1.82, 2.24) is 0 Å². The smallest absolute Gasteiger partial charge is 0.330 e. The second-order valence-corrected chi connectivity index (χ2v) is 3.84. The van der Waals surface area contributed by atoms with Crippen LogP contribution in [0.4, 0.5) is 0 Å². The van der Waals surface area contributed by atoms with E-state index in [4.69, 9.17) is 14.2 Å². The fraction of sp³-hybridized carbons (Fsp3) is 0.727. The molecular weight excluding hydrogens is 196 g/mol. The van der Waals surface area contributed by atoms with Crippen LogP contribution in [0, 0.1) is 0 Å². The highest BCUT2D eigenvalue weighted by atomic mass is 16.7. The summed E-state index contributed by atoms with van der Waals surface area (Å²) in [6, 6.07) is 0. The molecule has 1 aliphatic rings. The molecule has 0 aromatic carbocycles. The van der Waals surface area contributed by atoms with Crippen molar-refractivity contribution in [3.8, 4) is 0 Å². The number of ether oxygens (including phenoxy) is 3. The maximum absolute atomic E-state index is 11.0. The number of carbonyl (C=O) groups is 1. The van der Waals surface area contributed by atoms with Gasteiger partial charge in [-0.3, -0.25) is 0 Å². The third-order valence-corrected chi connectivity index (χ3v) is 2.01. The first-order valence-corrected chi connectivity index (χ1v) is 5.18. The Labute approximate surface area is 90.2 Å². The Hall–Kier alpha value is -0.870. The van der Waals surface area contributed by atoms with Crippen LogP contribution >= 0.6 is 0 Å². The summed E-state index contributed by atoms with van der Waals surface area (Å²) in [5.74, 6) is -0.807. The average Bonchev–Trinajstić information content (AvgIpc) is 2.46. The molecule has 4 heteroatoms. The molecule has 0 aliphatic carbocycles. The summed E-state index contributed by atoms with van der Waals surface area (Å²) in [6.07, 6.45) is 3.89. The molecule has 1 heterocycles. The van der Waals surface area contributed by atoms with Crippen LogP contribution in [0.2, 0.25) is 0 Å². The molecule has 1 fully saturated rings. The van der Waals surface area contributed by atoms with Crippen LogP contribution < -0.4 is 0 Å². The third-order valence-electron chi connectivity index (χ3n) is 2.01. The highest BCUT2D eigenvalue weighted by Crippen LogP contribution is 2.24. The van der Waals surface area contributed by atoms with Gasteiger partial charge < -0.3 is 14.2 Å². The molecule has 15 heavy (non-hydrogen) atoms. The zero-order chi connectivity index (χ0) is 11.3. The van der Waals surface area contributed by atoms with Crippen LogP contribution in [-0.2, 0) is 19.0 Å². The van der Waals surface area contributed by atoms with E-state index in [9.17, 15) is 4.79 Å². The van der Waals surface area contributed by atoms with E-state index in [0.29, 0.717) is 19.6 Å². The van der Waals surface area contributed by atoms with Gasteiger partial charge in [0.15, 0.2) is 5.79 Å². The van der Waals surface area contributed by atoms with Gasteiger partial charge in [0, 0.05) is 6.08 Å². The lowest BCUT2D eigenvalue weighted by Crippen LogP contribution is -2.21. The van der Waals surface area contributed by atoms with Gasteiger partial charge in [-0.1, -0.05) is 6.08 Å². The molecule has 1 unspecified atom stereocenters. The van der Waals surface area contributed by atoms with Crippen molar-refractivity contribution in [1.29, 1.82) is 0 Å².